The van der Waals surface area contributed by atoms with Crippen LogP contribution in [0.15, 0.2) is 36.4 Å². The van der Waals surface area contributed by atoms with Crippen LogP contribution >= 0.6 is 11.6 Å². The highest BCUT2D eigenvalue weighted by atomic mass is 35.5. The van der Waals surface area contributed by atoms with E-state index in [2.05, 4.69) is 30.0 Å². The highest BCUT2D eigenvalue weighted by Crippen LogP contribution is 2.36. The van der Waals surface area contributed by atoms with Gasteiger partial charge in [-0.25, -0.2) is 0 Å². The molecule has 7 nitrogen and oxygen atoms in total. The van der Waals surface area contributed by atoms with E-state index in [-0.39, 0.29) is 29.0 Å². The molecule has 8 heteroatoms. The standard InChI is InChI=1S/C21H24ClN3O4/c1-14-4-3-5-16(10-14)24-6-8-25(9-7-24)21(27)15-11-17(22)20(18(12-15)28-2)29-13-19(23)26/h3-5,10-12H,6-9,13H2,1-2H3,(H2,23,26). The minimum atomic E-state index is -0.630. The Labute approximate surface area is 174 Å². The van der Waals surface area contributed by atoms with Gasteiger partial charge < -0.3 is 25.0 Å². The number of halogens is 1. The molecule has 2 amide bonds. The molecule has 1 fully saturated rings. The van der Waals surface area contributed by atoms with Gasteiger partial charge in [-0.1, -0.05) is 23.7 Å². The Hall–Kier alpha value is -2.93. The molecule has 1 heterocycles. The summed E-state index contributed by atoms with van der Waals surface area (Å²) in [4.78, 5) is 28.0. The molecule has 0 bridgehead atoms. The van der Waals surface area contributed by atoms with Gasteiger partial charge in [0.15, 0.2) is 18.1 Å². The summed E-state index contributed by atoms with van der Waals surface area (Å²) >= 11 is 6.26. The SMILES string of the molecule is COc1cc(C(=O)N2CCN(c3cccc(C)c3)CC2)cc(Cl)c1OCC(N)=O. The Balaban J connectivity index is 1.70. The maximum Gasteiger partial charge on any atom is 0.255 e. The molecular formula is C21H24ClN3O4. The van der Waals surface area contributed by atoms with Gasteiger partial charge in [-0.3, -0.25) is 9.59 Å². The number of carbonyl (C=O) groups excluding carboxylic acids is 2. The third-order valence-corrected chi connectivity index (χ3v) is 5.05. The average molecular weight is 418 g/mol. The van der Waals surface area contributed by atoms with E-state index in [1.807, 2.05) is 6.07 Å². The molecule has 154 valence electrons. The van der Waals surface area contributed by atoms with Crippen LogP contribution in [0.5, 0.6) is 11.5 Å². The summed E-state index contributed by atoms with van der Waals surface area (Å²) in [6.45, 7) is 4.44. The summed E-state index contributed by atoms with van der Waals surface area (Å²) in [5.74, 6) is -0.292. The number of aryl methyl sites for hydroxylation is 1. The molecule has 29 heavy (non-hydrogen) atoms. The molecule has 1 saturated heterocycles. The third-order valence-electron chi connectivity index (χ3n) is 4.77. The van der Waals surface area contributed by atoms with Gasteiger partial charge in [0.05, 0.1) is 12.1 Å². The predicted molar refractivity (Wildman–Crippen MR) is 112 cm³/mol. The van der Waals surface area contributed by atoms with E-state index in [0.717, 1.165) is 18.8 Å². The third kappa shape index (κ3) is 4.92. The average Bonchev–Trinajstić information content (AvgIpc) is 2.71. The fourth-order valence-electron chi connectivity index (χ4n) is 3.30. The fourth-order valence-corrected chi connectivity index (χ4v) is 3.57. The number of hydrogen-bond acceptors (Lipinski definition) is 5. The van der Waals surface area contributed by atoms with Gasteiger partial charge in [-0.05, 0) is 36.8 Å². The van der Waals surface area contributed by atoms with Crippen molar-refractivity contribution in [1.82, 2.24) is 4.90 Å². The number of methoxy groups -OCH3 is 1. The number of piperazine rings is 1. The molecule has 2 aromatic rings. The first-order valence-electron chi connectivity index (χ1n) is 9.28. The number of amides is 2. The van der Waals surface area contributed by atoms with Crippen LogP contribution in [0, 0.1) is 6.92 Å². The fraction of sp³-hybridized carbons (Fsp3) is 0.333. The number of primary amides is 1. The maximum atomic E-state index is 13.0. The molecule has 0 unspecified atom stereocenters. The smallest absolute Gasteiger partial charge is 0.255 e. The van der Waals surface area contributed by atoms with E-state index in [9.17, 15) is 9.59 Å². The van der Waals surface area contributed by atoms with Crippen LogP contribution in [0.1, 0.15) is 15.9 Å². The summed E-state index contributed by atoms with van der Waals surface area (Å²) < 4.78 is 10.6. The molecule has 0 saturated carbocycles. The molecule has 3 rings (SSSR count). The van der Waals surface area contributed by atoms with Crippen molar-refractivity contribution in [3.8, 4) is 11.5 Å². The molecule has 1 aliphatic rings. The van der Waals surface area contributed by atoms with Crippen molar-refractivity contribution >= 4 is 29.1 Å². The zero-order valence-corrected chi connectivity index (χ0v) is 17.2. The van der Waals surface area contributed by atoms with Crippen molar-refractivity contribution in [3.05, 3.63) is 52.5 Å². The minimum absolute atomic E-state index is 0.129. The van der Waals surface area contributed by atoms with Crippen LogP contribution in [0.2, 0.25) is 5.02 Å². The van der Waals surface area contributed by atoms with Crippen LogP contribution in [-0.4, -0.2) is 56.6 Å². The molecule has 0 spiro atoms. The molecule has 2 N–H and O–H groups in total. The van der Waals surface area contributed by atoms with Crippen molar-refractivity contribution in [2.45, 2.75) is 6.92 Å². The summed E-state index contributed by atoms with van der Waals surface area (Å²) in [5, 5.41) is 0.187. The highest BCUT2D eigenvalue weighted by Gasteiger charge is 2.24. The van der Waals surface area contributed by atoms with Crippen molar-refractivity contribution in [2.24, 2.45) is 5.73 Å². The van der Waals surface area contributed by atoms with E-state index in [0.29, 0.717) is 18.7 Å². The van der Waals surface area contributed by atoms with Crippen molar-refractivity contribution < 1.29 is 19.1 Å². The van der Waals surface area contributed by atoms with Gasteiger partial charge in [0.2, 0.25) is 0 Å². The Morgan fingerprint density at radius 2 is 1.86 bits per heavy atom. The monoisotopic (exact) mass is 417 g/mol. The minimum Gasteiger partial charge on any atom is -0.493 e. The van der Waals surface area contributed by atoms with Gasteiger partial charge in [0, 0.05) is 37.4 Å². The van der Waals surface area contributed by atoms with Crippen molar-refractivity contribution in [3.63, 3.8) is 0 Å². The van der Waals surface area contributed by atoms with Gasteiger partial charge in [0.25, 0.3) is 11.8 Å². The Kier molecular flexibility index (Phi) is 6.49. The highest BCUT2D eigenvalue weighted by molar-refractivity contribution is 6.32. The number of anilines is 1. The summed E-state index contributed by atoms with van der Waals surface area (Å²) in [6.07, 6.45) is 0. The first kappa shape index (κ1) is 20.8. The number of benzene rings is 2. The topological polar surface area (TPSA) is 85.1 Å². The van der Waals surface area contributed by atoms with Crippen LogP contribution in [0.3, 0.4) is 0 Å². The first-order chi connectivity index (χ1) is 13.9. The molecule has 0 aliphatic carbocycles. The van der Waals surface area contributed by atoms with Crippen LogP contribution in [-0.2, 0) is 4.79 Å². The van der Waals surface area contributed by atoms with Gasteiger partial charge >= 0.3 is 0 Å². The number of carbonyl (C=O) groups is 2. The van der Waals surface area contributed by atoms with Crippen LogP contribution in [0.4, 0.5) is 5.69 Å². The zero-order valence-electron chi connectivity index (χ0n) is 16.5. The number of nitrogens with zero attached hydrogens (tertiary/aromatic N) is 2. The second-order valence-electron chi connectivity index (χ2n) is 6.86. The first-order valence-corrected chi connectivity index (χ1v) is 9.66. The number of ether oxygens (including phenoxy) is 2. The summed E-state index contributed by atoms with van der Waals surface area (Å²) in [5.41, 5.74) is 7.89. The van der Waals surface area contributed by atoms with E-state index >= 15 is 0 Å². The summed E-state index contributed by atoms with van der Waals surface area (Å²) in [6, 6.07) is 11.4. The Bertz CT molecular complexity index is 911. The van der Waals surface area contributed by atoms with E-state index in [1.165, 1.54) is 18.7 Å². The molecule has 0 aromatic heterocycles. The lowest BCUT2D eigenvalue weighted by Gasteiger charge is -2.36. The normalized spacial score (nSPS) is 13.9. The predicted octanol–water partition coefficient (Wildman–Crippen LogP) is 2.48. The number of nitrogens with two attached hydrogens (primary N) is 1. The van der Waals surface area contributed by atoms with E-state index < -0.39 is 5.91 Å². The van der Waals surface area contributed by atoms with Crippen LogP contribution < -0.4 is 20.1 Å². The number of rotatable bonds is 6. The molecule has 1 aliphatic heterocycles. The van der Waals surface area contributed by atoms with Crippen LogP contribution in [0.25, 0.3) is 0 Å². The van der Waals surface area contributed by atoms with Gasteiger partial charge in [0.1, 0.15) is 0 Å². The second-order valence-corrected chi connectivity index (χ2v) is 7.27. The lowest BCUT2D eigenvalue weighted by Crippen LogP contribution is -2.48. The van der Waals surface area contributed by atoms with Gasteiger partial charge in [-0.2, -0.15) is 0 Å². The van der Waals surface area contributed by atoms with Crippen molar-refractivity contribution in [2.75, 3.05) is 44.8 Å². The Morgan fingerprint density at radius 1 is 1.14 bits per heavy atom. The number of hydrogen-bond donors (Lipinski definition) is 1. The zero-order chi connectivity index (χ0) is 21.0. The lowest BCUT2D eigenvalue weighted by atomic mass is 10.1. The lowest BCUT2D eigenvalue weighted by molar-refractivity contribution is -0.119. The van der Waals surface area contributed by atoms with Crippen molar-refractivity contribution in [1.29, 1.82) is 0 Å². The van der Waals surface area contributed by atoms with E-state index in [1.54, 1.807) is 11.0 Å². The molecule has 0 radical (unpaired) electrons. The Morgan fingerprint density at radius 3 is 2.48 bits per heavy atom. The largest absolute Gasteiger partial charge is 0.493 e. The molecular weight excluding hydrogens is 394 g/mol. The molecule has 2 aromatic carbocycles. The quantitative estimate of drug-likeness (QED) is 0.780. The second kappa shape index (κ2) is 9.05. The molecule has 0 atom stereocenters. The van der Waals surface area contributed by atoms with E-state index in [4.69, 9.17) is 26.8 Å². The van der Waals surface area contributed by atoms with Gasteiger partial charge in [-0.15, -0.1) is 0 Å². The summed E-state index contributed by atoms with van der Waals surface area (Å²) in [7, 11) is 1.44. The maximum absolute atomic E-state index is 13.0.